The van der Waals surface area contributed by atoms with E-state index in [0.717, 1.165) is 30.3 Å². The number of hydrogen-bond acceptors (Lipinski definition) is 3. The summed E-state index contributed by atoms with van der Waals surface area (Å²) >= 11 is 0. The molecule has 3 aromatic rings. The Balaban J connectivity index is 1.63. The zero-order chi connectivity index (χ0) is 13.8. The van der Waals surface area contributed by atoms with Crippen LogP contribution >= 0.6 is 0 Å². The van der Waals surface area contributed by atoms with Crippen LogP contribution in [0.4, 0.5) is 0 Å². The fourth-order valence-electron chi connectivity index (χ4n) is 2.41. The number of aromatic nitrogens is 3. The molecule has 0 saturated heterocycles. The first-order valence-corrected chi connectivity index (χ1v) is 6.84. The molecule has 1 N–H and O–H groups in total. The second-order valence-electron chi connectivity index (χ2n) is 4.90. The van der Waals surface area contributed by atoms with E-state index < -0.39 is 6.10 Å². The first-order valence-electron chi connectivity index (χ1n) is 6.84. The lowest BCUT2D eigenvalue weighted by Gasteiger charge is -2.09. The molecular formula is C16H17N3O. The van der Waals surface area contributed by atoms with Crippen LogP contribution in [-0.2, 0) is 6.42 Å². The predicted octanol–water partition coefficient (Wildman–Crippen LogP) is 2.79. The van der Waals surface area contributed by atoms with Crippen LogP contribution in [0.2, 0.25) is 0 Å². The molecule has 2 heterocycles. The van der Waals surface area contributed by atoms with Crippen molar-refractivity contribution in [2.45, 2.75) is 25.4 Å². The van der Waals surface area contributed by atoms with Crippen molar-refractivity contribution in [1.29, 1.82) is 0 Å². The summed E-state index contributed by atoms with van der Waals surface area (Å²) in [5, 5.41) is 14.5. The molecule has 0 fully saturated rings. The van der Waals surface area contributed by atoms with E-state index in [4.69, 9.17) is 0 Å². The Hall–Kier alpha value is -2.20. The molecular weight excluding hydrogens is 250 g/mol. The van der Waals surface area contributed by atoms with Crippen molar-refractivity contribution < 1.29 is 5.11 Å². The van der Waals surface area contributed by atoms with E-state index in [0.29, 0.717) is 0 Å². The van der Waals surface area contributed by atoms with Gasteiger partial charge in [-0.2, -0.15) is 5.10 Å². The van der Waals surface area contributed by atoms with Gasteiger partial charge in [0.15, 0.2) is 0 Å². The highest BCUT2D eigenvalue weighted by atomic mass is 16.3. The highest BCUT2D eigenvalue weighted by molar-refractivity contribution is 5.52. The van der Waals surface area contributed by atoms with Crippen LogP contribution in [0.3, 0.4) is 0 Å². The lowest BCUT2D eigenvalue weighted by atomic mass is 10.0. The van der Waals surface area contributed by atoms with Gasteiger partial charge in [-0.25, -0.2) is 4.52 Å². The average molecular weight is 267 g/mol. The number of fused-ring (bicyclic) bond motifs is 1. The Morgan fingerprint density at radius 2 is 2.00 bits per heavy atom. The maximum atomic E-state index is 10.3. The Kier molecular flexibility index (Phi) is 3.74. The number of aliphatic hydroxyl groups is 1. The van der Waals surface area contributed by atoms with E-state index in [1.807, 2.05) is 18.2 Å². The normalized spacial score (nSPS) is 12.7. The molecule has 0 spiro atoms. The van der Waals surface area contributed by atoms with Crippen LogP contribution < -0.4 is 0 Å². The van der Waals surface area contributed by atoms with Gasteiger partial charge in [0.1, 0.15) is 0 Å². The van der Waals surface area contributed by atoms with Gasteiger partial charge < -0.3 is 5.11 Å². The van der Waals surface area contributed by atoms with Gasteiger partial charge in [0.2, 0.25) is 0 Å². The van der Waals surface area contributed by atoms with E-state index in [1.165, 1.54) is 5.56 Å². The molecule has 0 bridgehead atoms. The van der Waals surface area contributed by atoms with Crippen molar-refractivity contribution in [3.8, 4) is 0 Å². The number of aliphatic hydroxyl groups excluding tert-OH is 1. The average Bonchev–Trinajstić information content (AvgIpc) is 2.92. The van der Waals surface area contributed by atoms with Crippen LogP contribution in [0.1, 0.15) is 30.1 Å². The second-order valence-corrected chi connectivity index (χ2v) is 4.90. The van der Waals surface area contributed by atoms with Gasteiger partial charge in [0, 0.05) is 18.0 Å². The molecule has 1 unspecified atom stereocenters. The molecule has 0 aliphatic heterocycles. The predicted molar refractivity (Wildman–Crippen MR) is 77.3 cm³/mol. The molecule has 1 aromatic carbocycles. The van der Waals surface area contributed by atoms with Crippen molar-refractivity contribution in [1.82, 2.24) is 14.6 Å². The minimum atomic E-state index is -0.486. The lowest BCUT2D eigenvalue weighted by Crippen LogP contribution is -1.98. The fraction of sp³-hybridized carbons (Fsp3) is 0.250. The highest BCUT2D eigenvalue weighted by Crippen LogP contribution is 2.23. The number of benzene rings is 1. The topological polar surface area (TPSA) is 50.4 Å². The summed E-state index contributed by atoms with van der Waals surface area (Å²) in [5.41, 5.74) is 3.03. The van der Waals surface area contributed by atoms with E-state index >= 15 is 0 Å². The van der Waals surface area contributed by atoms with E-state index in [1.54, 1.807) is 29.3 Å². The zero-order valence-corrected chi connectivity index (χ0v) is 11.2. The Morgan fingerprint density at radius 3 is 2.85 bits per heavy atom. The summed E-state index contributed by atoms with van der Waals surface area (Å²) in [7, 11) is 0. The Bertz CT molecular complexity index is 678. The van der Waals surface area contributed by atoms with E-state index in [-0.39, 0.29) is 0 Å². The number of rotatable bonds is 5. The molecule has 1 atom stereocenters. The Labute approximate surface area is 117 Å². The summed E-state index contributed by atoms with van der Waals surface area (Å²) in [6.45, 7) is 0. The van der Waals surface area contributed by atoms with Crippen LogP contribution in [0.15, 0.2) is 55.1 Å². The van der Waals surface area contributed by atoms with Gasteiger partial charge in [-0.05, 0) is 24.8 Å². The molecule has 4 nitrogen and oxygen atoms in total. The lowest BCUT2D eigenvalue weighted by molar-refractivity contribution is 0.166. The summed E-state index contributed by atoms with van der Waals surface area (Å²) < 4.78 is 1.74. The van der Waals surface area contributed by atoms with Gasteiger partial charge in [0.25, 0.3) is 0 Å². The largest absolute Gasteiger partial charge is 0.388 e. The van der Waals surface area contributed by atoms with Crippen LogP contribution in [0, 0.1) is 0 Å². The molecule has 20 heavy (non-hydrogen) atoms. The quantitative estimate of drug-likeness (QED) is 0.773. The van der Waals surface area contributed by atoms with E-state index in [2.05, 4.69) is 22.2 Å². The SMILES string of the molecule is OC(CCCc1ccccc1)c1cnn2ccncc12. The molecule has 3 rings (SSSR count). The van der Waals surface area contributed by atoms with Gasteiger partial charge in [-0.1, -0.05) is 30.3 Å². The van der Waals surface area contributed by atoms with Crippen molar-refractivity contribution in [3.05, 3.63) is 66.2 Å². The maximum Gasteiger partial charge on any atom is 0.0902 e. The molecule has 0 saturated carbocycles. The minimum Gasteiger partial charge on any atom is -0.388 e. The summed E-state index contributed by atoms with van der Waals surface area (Å²) in [6.07, 6.45) is 9.11. The summed E-state index contributed by atoms with van der Waals surface area (Å²) in [6, 6.07) is 10.3. The third-order valence-corrected chi connectivity index (χ3v) is 3.50. The van der Waals surface area contributed by atoms with Gasteiger partial charge in [-0.3, -0.25) is 4.98 Å². The summed E-state index contributed by atoms with van der Waals surface area (Å²) in [5.74, 6) is 0. The van der Waals surface area contributed by atoms with Crippen molar-refractivity contribution in [3.63, 3.8) is 0 Å². The van der Waals surface area contributed by atoms with Crippen molar-refractivity contribution in [2.24, 2.45) is 0 Å². The molecule has 2 aromatic heterocycles. The van der Waals surface area contributed by atoms with Gasteiger partial charge >= 0.3 is 0 Å². The molecule has 0 aliphatic carbocycles. The third kappa shape index (κ3) is 2.70. The molecule has 4 heteroatoms. The van der Waals surface area contributed by atoms with Crippen LogP contribution in [0.5, 0.6) is 0 Å². The van der Waals surface area contributed by atoms with Crippen molar-refractivity contribution >= 4 is 5.52 Å². The highest BCUT2D eigenvalue weighted by Gasteiger charge is 2.13. The molecule has 0 radical (unpaired) electrons. The number of nitrogens with zero attached hydrogens (tertiary/aromatic N) is 3. The monoisotopic (exact) mass is 267 g/mol. The van der Waals surface area contributed by atoms with Gasteiger partial charge in [-0.15, -0.1) is 0 Å². The molecule has 0 amide bonds. The van der Waals surface area contributed by atoms with E-state index in [9.17, 15) is 5.11 Å². The fourth-order valence-corrected chi connectivity index (χ4v) is 2.41. The van der Waals surface area contributed by atoms with Crippen LogP contribution in [-0.4, -0.2) is 19.7 Å². The summed E-state index contributed by atoms with van der Waals surface area (Å²) in [4.78, 5) is 4.08. The smallest absolute Gasteiger partial charge is 0.0902 e. The standard InChI is InChI=1S/C16H17N3O/c20-16(8-4-7-13-5-2-1-3-6-13)14-11-18-19-10-9-17-12-15(14)19/h1-3,5-6,9-12,16,20H,4,7-8H2. The molecule has 0 aliphatic rings. The maximum absolute atomic E-state index is 10.3. The van der Waals surface area contributed by atoms with Gasteiger partial charge in [0.05, 0.1) is 24.0 Å². The van der Waals surface area contributed by atoms with Crippen molar-refractivity contribution in [2.75, 3.05) is 0 Å². The number of aryl methyl sites for hydroxylation is 1. The number of hydrogen-bond donors (Lipinski definition) is 1. The Morgan fingerprint density at radius 1 is 1.15 bits per heavy atom. The second kappa shape index (κ2) is 5.84. The minimum absolute atomic E-state index is 0.486. The zero-order valence-electron chi connectivity index (χ0n) is 11.2. The third-order valence-electron chi connectivity index (χ3n) is 3.50. The molecule has 102 valence electrons. The first-order chi connectivity index (χ1) is 9.84. The first kappa shape index (κ1) is 12.8. The van der Waals surface area contributed by atoms with Crippen LogP contribution in [0.25, 0.3) is 5.52 Å².